The summed E-state index contributed by atoms with van der Waals surface area (Å²) in [6.07, 6.45) is 0. The van der Waals surface area contributed by atoms with Crippen LogP contribution in [-0.2, 0) is 13.1 Å². The van der Waals surface area contributed by atoms with Gasteiger partial charge in [0.2, 0.25) is 0 Å². The highest BCUT2D eigenvalue weighted by Gasteiger charge is 2.37. The fraction of sp³-hybridized carbons (Fsp3) is 0.235. The molecule has 1 fully saturated rings. The van der Waals surface area contributed by atoms with Crippen LogP contribution in [0, 0.1) is 0 Å². The highest BCUT2D eigenvalue weighted by atomic mass is 79.9. The molecule has 0 bridgehead atoms. The van der Waals surface area contributed by atoms with Crippen LogP contribution in [0.25, 0.3) is 0 Å². The number of rotatable bonds is 8. The Morgan fingerprint density at radius 2 is 0.750 bits per heavy atom. The summed E-state index contributed by atoms with van der Waals surface area (Å²) < 4.78 is 2.01. The van der Waals surface area contributed by atoms with Crippen molar-refractivity contribution in [3.05, 3.63) is 143 Å². The van der Waals surface area contributed by atoms with Gasteiger partial charge < -0.3 is 42.9 Å². The van der Waals surface area contributed by atoms with Crippen LogP contribution in [0.2, 0.25) is 0 Å². The number of piperazine rings is 1. The zero-order valence-electron chi connectivity index (χ0n) is 23.1. The van der Waals surface area contributed by atoms with Gasteiger partial charge in [0.05, 0.1) is 14.1 Å². The van der Waals surface area contributed by atoms with Crippen molar-refractivity contribution in [1.29, 1.82) is 0 Å². The van der Waals surface area contributed by atoms with Crippen molar-refractivity contribution in [2.45, 2.75) is 13.1 Å². The molecule has 0 radical (unpaired) electrons. The molecule has 1 aliphatic heterocycles. The van der Waals surface area contributed by atoms with E-state index in [4.69, 9.17) is 0 Å². The molecule has 1 saturated heterocycles. The Bertz CT molecular complexity index is 1290. The third-order valence-electron chi connectivity index (χ3n) is 7.99. The van der Waals surface area contributed by atoms with E-state index in [0.717, 1.165) is 70.5 Å². The van der Waals surface area contributed by atoms with Crippen molar-refractivity contribution < 1.29 is 52.5 Å². The Labute approximate surface area is 259 Å². The van der Waals surface area contributed by atoms with E-state index in [1.165, 1.54) is 11.1 Å². The molecule has 4 nitrogen and oxygen atoms in total. The summed E-state index contributed by atoms with van der Waals surface area (Å²) in [5, 5.41) is 0. The highest BCUT2D eigenvalue weighted by molar-refractivity contribution is 6.09. The zero-order valence-corrected chi connectivity index (χ0v) is 26.3. The van der Waals surface area contributed by atoms with Gasteiger partial charge in [0, 0.05) is 33.4 Å². The number of ketones is 2. The maximum absolute atomic E-state index is 12.7. The number of hydrogen-bond acceptors (Lipinski definition) is 2. The van der Waals surface area contributed by atoms with Crippen LogP contribution in [0.3, 0.4) is 0 Å². The lowest BCUT2D eigenvalue weighted by Crippen LogP contribution is -3.00. The van der Waals surface area contributed by atoms with E-state index >= 15 is 0 Å². The van der Waals surface area contributed by atoms with Crippen molar-refractivity contribution in [2.75, 3.05) is 40.3 Å². The van der Waals surface area contributed by atoms with Crippen molar-refractivity contribution in [1.82, 2.24) is 0 Å². The van der Waals surface area contributed by atoms with Crippen LogP contribution in [0.5, 0.6) is 0 Å². The number of carbonyl (C=O) groups is 2. The lowest BCUT2D eigenvalue weighted by Gasteiger charge is -2.46. The topological polar surface area (TPSA) is 34.1 Å². The second kappa shape index (κ2) is 13.6. The second-order valence-corrected chi connectivity index (χ2v) is 11.2. The van der Waals surface area contributed by atoms with Gasteiger partial charge in [-0.3, -0.25) is 9.59 Å². The lowest BCUT2D eigenvalue weighted by atomic mass is 10.0. The monoisotopic (exact) mass is 662 g/mol. The molecule has 0 saturated carbocycles. The molecule has 0 spiro atoms. The quantitative estimate of drug-likeness (QED) is 0.193. The van der Waals surface area contributed by atoms with Gasteiger partial charge in [-0.1, -0.05) is 109 Å². The Morgan fingerprint density at radius 1 is 0.475 bits per heavy atom. The van der Waals surface area contributed by atoms with E-state index in [1.807, 2.05) is 84.9 Å². The first-order valence-corrected chi connectivity index (χ1v) is 13.4. The first-order valence-electron chi connectivity index (χ1n) is 13.4. The minimum Gasteiger partial charge on any atom is -1.00 e. The van der Waals surface area contributed by atoms with Gasteiger partial charge in [-0.15, -0.1) is 0 Å². The summed E-state index contributed by atoms with van der Waals surface area (Å²) in [5.41, 5.74) is 5.47. The first-order chi connectivity index (χ1) is 18.3. The Kier molecular flexibility index (Phi) is 10.8. The molecule has 6 heteroatoms. The zero-order chi connectivity index (χ0) is 26.6. The summed E-state index contributed by atoms with van der Waals surface area (Å²) in [6, 6.07) is 35.2. The summed E-state index contributed by atoms with van der Waals surface area (Å²) in [5.74, 6) is 0.141. The Hall–Kier alpha value is -2.90. The van der Waals surface area contributed by atoms with E-state index in [9.17, 15) is 9.59 Å². The standard InChI is InChI=1S/C34H36N2O2.2BrH/c1-35(25-27-13-17-31(18-14-27)33(37)29-9-5-3-6-10-29)21-23-36(2,24-22-35)26-28-15-19-32(20-16-28)34(38)30-11-7-4-8-12-30;;/h3-20H,21-26H2,1-2H3;2*1H/q+2;;/p-2. The smallest absolute Gasteiger partial charge is 0.193 e. The number of quaternary nitrogens is 2. The normalized spacial score (nSPS) is 20.1. The summed E-state index contributed by atoms with van der Waals surface area (Å²) in [4.78, 5) is 25.5. The molecule has 4 aromatic rings. The molecule has 1 aliphatic rings. The van der Waals surface area contributed by atoms with Crippen LogP contribution in [-0.4, -0.2) is 60.8 Å². The van der Waals surface area contributed by atoms with Gasteiger partial charge in [0.25, 0.3) is 0 Å². The Balaban J connectivity index is 0.00000220. The van der Waals surface area contributed by atoms with E-state index in [1.54, 1.807) is 0 Å². The van der Waals surface area contributed by atoms with Crippen LogP contribution in [0.1, 0.15) is 43.0 Å². The maximum Gasteiger partial charge on any atom is 0.193 e. The predicted octanol–water partition coefficient (Wildman–Crippen LogP) is -0.236. The maximum atomic E-state index is 12.7. The van der Waals surface area contributed by atoms with Gasteiger partial charge in [-0.25, -0.2) is 0 Å². The fourth-order valence-electron chi connectivity index (χ4n) is 5.42. The van der Waals surface area contributed by atoms with Crippen molar-refractivity contribution >= 4 is 11.6 Å². The third-order valence-corrected chi connectivity index (χ3v) is 7.99. The summed E-state index contributed by atoms with van der Waals surface area (Å²) >= 11 is 0. The molecule has 5 rings (SSSR count). The second-order valence-electron chi connectivity index (χ2n) is 11.2. The van der Waals surface area contributed by atoms with E-state index < -0.39 is 0 Å². The molecule has 208 valence electrons. The number of likely N-dealkylation sites (N-methyl/N-ethyl adjacent to an activating group) is 2. The van der Waals surface area contributed by atoms with E-state index in [-0.39, 0.29) is 45.5 Å². The molecular formula is C34H36Br2N2O2. The Morgan fingerprint density at radius 3 is 1.05 bits per heavy atom. The van der Waals surface area contributed by atoms with Gasteiger partial charge >= 0.3 is 0 Å². The number of nitrogens with zero attached hydrogens (tertiary/aromatic N) is 2. The molecule has 0 atom stereocenters. The van der Waals surface area contributed by atoms with Crippen molar-refractivity contribution in [2.24, 2.45) is 0 Å². The van der Waals surface area contributed by atoms with Gasteiger partial charge in [-0.2, -0.15) is 0 Å². The molecule has 0 unspecified atom stereocenters. The van der Waals surface area contributed by atoms with E-state index in [0.29, 0.717) is 0 Å². The predicted molar refractivity (Wildman–Crippen MR) is 152 cm³/mol. The summed E-state index contributed by atoms with van der Waals surface area (Å²) in [6.45, 7) is 6.35. The first kappa shape index (κ1) is 31.6. The lowest BCUT2D eigenvalue weighted by molar-refractivity contribution is -1.03. The minimum absolute atomic E-state index is 0. The molecular weight excluding hydrogens is 628 g/mol. The van der Waals surface area contributed by atoms with E-state index in [2.05, 4.69) is 38.4 Å². The average Bonchev–Trinajstić information content (AvgIpc) is 2.96. The summed E-state index contributed by atoms with van der Waals surface area (Å²) in [7, 11) is 4.69. The number of halogens is 2. The molecule has 40 heavy (non-hydrogen) atoms. The highest BCUT2D eigenvalue weighted by Crippen LogP contribution is 2.23. The molecule has 0 amide bonds. The molecule has 0 aliphatic carbocycles. The average molecular weight is 664 g/mol. The largest absolute Gasteiger partial charge is 1.00 e. The number of benzene rings is 4. The third kappa shape index (κ3) is 7.64. The van der Waals surface area contributed by atoms with Gasteiger partial charge in [0.15, 0.2) is 11.6 Å². The number of carbonyl (C=O) groups excluding carboxylic acids is 2. The fourth-order valence-corrected chi connectivity index (χ4v) is 5.42. The number of hydrogen-bond donors (Lipinski definition) is 0. The van der Waals surface area contributed by atoms with Crippen LogP contribution in [0.15, 0.2) is 109 Å². The van der Waals surface area contributed by atoms with Crippen LogP contribution >= 0.6 is 0 Å². The minimum atomic E-state index is 0. The van der Waals surface area contributed by atoms with Gasteiger partial charge in [-0.05, 0) is 0 Å². The van der Waals surface area contributed by atoms with Gasteiger partial charge in [0.1, 0.15) is 39.3 Å². The van der Waals surface area contributed by atoms with Crippen molar-refractivity contribution in [3.63, 3.8) is 0 Å². The van der Waals surface area contributed by atoms with Crippen molar-refractivity contribution in [3.8, 4) is 0 Å². The molecule has 4 aromatic carbocycles. The SMILES string of the molecule is C[N+]1(Cc2ccc(C(=O)c3ccccc3)cc2)CC[N+](C)(Cc2ccc(C(=O)c3ccccc3)cc2)CC1.[Br-].[Br-]. The molecule has 0 aromatic heterocycles. The van der Waals surface area contributed by atoms with Crippen LogP contribution in [0.4, 0.5) is 0 Å². The molecule has 0 N–H and O–H groups in total. The molecule has 1 heterocycles. The van der Waals surface area contributed by atoms with Crippen LogP contribution < -0.4 is 34.0 Å².